The lowest BCUT2D eigenvalue weighted by Crippen LogP contribution is -2.35. The number of nitrogens with zero attached hydrogens (tertiary/aromatic N) is 3. The van der Waals surface area contributed by atoms with E-state index in [1.807, 2.05) is 0 Å². The van der Waals surface area contributed by atoms with Crippen molar-refractivity contribution in [3.05, 3.63) is 11.7 Å². The number of aliphatic hydroxyl groups is 1. The minimum Gasteiger partial charge on any atom is -0.396 e. The largest absolute Gasteiger partial charge is 0.396 e. The molecular formula is C15H25N3O2. The number of hydrogen-bond acceptors (Lipinski definition) is 5. The van der Waals surface area contributed by atoms with Crippen LogP contribution < -0.4 is 0 Å². The summed E-state index contributed by atoms with van der Waals surface area (Å²) in [7, 11) is 0. The van der Waals surface area contributed by atoms with Crippen molar-refractivity contribution in [2.24, 2.45) is 11.8 Å². The van der Waals surface area contributed by atoms with Gasteiger partial charge in [-0.25, -0.2) is 0 Å². The Morgan fingerprint density at radius 3 is 2.95 bits per heavy atom. The van der Waals surface area contributed by atoms with Gasteiger partial charge in [0.25, 0.3) is 0 Å². The second-order valence-corrected chi connectivity index (χ2v) is 6.36. The number of hydrogen-bond donors (Lipinski definition) is 1. The molecule has 2 aliphatic rings. The van der Waals surface area contributed by atoms with Crippen LogP contribution in [-0.4, -0.2) is 39.8 Å². The van der Waals surface area contributed by atoms with Crippen LogP contribution in [0.1, 0.15) is 50.2 Å². The first kappa shape index (κ1) is 14.0. The number of rotatable bonds is 7. The Morgan fingerprint density at radius 1 is 1.25 bits per heavy atom. The summed E-state index contributed by atoms with van der Waals surface area (Å²) in [5.41, 5.74) is 0. The minimum absolute atomic E-state index is 0.310. The molecule has 3 rings (SSSR count). The van der Waals surface area contributed by atoms with Crippen molar-refractivity contribution in [3.63, 3.8) is 0 Å². The fourth-order valence-corrected chi connectivity index (χ4v) is 3.12. The van der Waals surface area contributed by atoms with E-state index < -0.39 is 0 Å². The third-order valence-electron chi connectivity index (χ3n) is 4.41. The van der Waals surface area contributed by atoms with Crippen LogP contribution in [0, 0.1) is 11.8 Å². The van der Waals surface area contributed by atoms with Crippen molar-refractivity contribution in [1.29, 1.82) is 0 Å². The molecule has 0 bridgehead atoms. The van der Waals surface area contributed by atoms with Crippen LogP contribution >= 0.6 is 0 Å². The lowest BCUT2D eigenvalue weighted by Gasteiger charge is -2.31. The molecule has 1 aromatic heterocycles. The summed E-state index contributed by atoms with van der Waals surface area (Å²) in [5.74, 6) is 3.17. The van der Waals surface area contributed by atoms with E-state index in [1.54, 1.807) is 0 Å². The highest BCUT2D eigenvalue weighted by Gasteiger charge is 2.25. The van der Waals surface area contributed by atoms with Crippen LogP contribution in [0.25, 0.3) is 0 Å². The Bertz CT molecular complexity index is 417. The second-order valence-electron chi connectivity index (χ2n) is 6.36. The van der Waals surface area contributed by atoms with Crippen molar-refractivity contribution in [2.45, 2.75) is 51.5 Å². The van der Waals surface area contributed by atoms with E-state index in [0.29, 0.717) is 12.5 Å². The molecule has 20 heavy (non-hydrogen) atoms. The van der Waals surface area contributed by atoms with E-state index in [2.05, 4.69) is 15.0 Å². The smallest absolute Gasteiger partial charge is 0.240 e. The molecule has 2 fully saturated rings. The first-order valence-corrected chi connectivity index (χ1v) is 7.98. The second kappa shape index (κ2) is 6.68. The Kier molecular flexibility index (Phi) is 4.68. The lowest BCUT2D eigenvalue weighted by atomic mass is 9.93. The Balaban J connectivity index is 1.47. The summed E-state index contributed by atoms with van der Waals surface area (Å²) in [6.45, 7) is 3.31. The molecule has 0 aromatic carbocycles. The molecular weight excluding hydrogens is 254 g/mol. The van der Waals surface area contributed by atoms with E-state index in [-0.39, 0.29) is 0 Å². The van der Waals surface area contributed by atoms with Gasteiger partial charge < -0.3 is 9.63 Å². The molecule has 0 spiro atoms. The zero-order valence-electron chi connectivity index (χ0n) is 12.1. The van der Waals surface area contributed by atoms with E-state index in [1.165, 1.54) is 25.7 Å². The molecule has 0 radical (unpaired) electrons. The van der Waals surface area contributed by atoms with Crippen LogP contribution in [0.2, 0.25) is 0 Å². The van der Waals surface area contributed by atoms with E-state index in [0.717, 1.165) is 56.5 Å². The third kappa shape index (κ3) is 4.03. The van der Waals surface area contributed by atoms with Crippen LogP contribution in [0.3, 0.4) is 0 Å². The monoisotopic (exact) mass is 279 g/mol. The van der Waals surface area contributed by atoms with Gasteiger partial charge in [0.1, 0.15) is 0 Å². The van der Waals surface area contributed by atoms with Gasteiger partial charge in [-0.3, -0.25) is 4.90 Å². The highest BCUT2D eigenvalue weighted by atomic mass is 16.5. The molecule has 0 unspecified atom stereocenters. The Hall–Kier alpha value is -0.940. The molecule has 2 heterocycles. The van der Waals surface area contributed by atoms with Crippen molar-refractivity contribution in [3.8, 4) is 0 Å². The number of piperidine rings is 1. The molecule has 5 heteroatoms. The van der Waals surface area contributed by atoms with Crippen LogP contribution in [-0.2, 0) is 13.0 Å². The molecule has 112 valence electrons. The van der Waals surface area contributed by atoms with E-state index >= 15 is 0 Å². The molecule has 1 saturated carbocycles. The summed E-state index contributed by atoms with van der Waals surface area (Å²) < 4.78 is 5.37. The van der Waals surface area contributed by atoms with Gasteiger partial charge in [-0.2, -0.15) is 4.98 Å². The molecule has 5 nitrogen and oxygen atoms in total. The predicted octanol–water partition coefficient (Wildman–Crippen LogP) is 2.01. The van der Waals surface area contributed by atoms with E-state index in [4.69, 9.17) is 9.63 Å². The summed E-state index contributed by atoms with van der Waals surface area (Å²) >= 11 is 0. The SMILES string of the molecule is OCCC[C@H]1CCCN(Cc2nc(CC3CC3)no2)C1. The number of aromatic nitrogens is 2. The molecule has 1 aliphatic carbocycles. The summed E-state index contributed by atoms with van der Waals surface area (Å²) in [6, 6.07) is 0. The quantitative estimate of drug-likeness (QED) is 0.827. The van der Waals surface area contributed by atoms with Crippen molar-refractivity contribution >= 4 is 0 Å². The fraction of sp³-hybridized carbons (Fsp3) is 0.867. The standard InChI is InChI=1S/C15H25N3O2/c19-8-2-4-13-3-1-7-18(10-13)11-15-16-14(17-20-15)9-12-5-6-12/h12-13,19H,1-11H2/t13-/m1/s1. The highest BCUT2D eigenvalue weighted by molar-refractivity contribution is 4.92. The minimum atomic E-state index is 0.310. The fourth-order valence-electron chi connectivity index (χ4n) is 3.12. The first-order valence-electron chi connectivity index (χ1n) is 7.98. The van der Waals surface area contributed by atoms with Gasteiger partial charge in [-0.05, 0) is 56.9 Å². The molecule has 1 atom stereocenters. The highest BCUT2D eigenvalue weighted by Crippen LogP contribution is 2.31. The number of aliphatic hydroxyl groups excluding tert-OH is 1. The average molecular weight is 279 g/mol. The van der Waals surface area contributed by atoms with Gasteiger partial charge in [0, 0.05) is 19.6 Å². The normalized spacial score (nSPS) is 24.1. The third-order valence-corrected chi connectivity index (χ3v) is 4.41. The summed E-state index contributed by atoms with van der Waals surface area (Å²) in [6.07, 6.45) is 8.20. The molecule has 1 saturated heterocycles. The van der Waals surface area contributed by atoms with Crippen LogP contribution in [0.4, 0.5) is 0 Å². The summed E-state index contributed by atoms with van der Waals surface area (Å²) in [5, 5.41) is 13.0. The maximum absolute atomic E-state index is 8.93. The van der Waals surface area contributed by atoms with Crippen molar-refractivity contribution in [2.75, 3.05) is 19.7 Å². The van der Waals surface area contributed by atoms with Gasteiger partial charge >= 0.3 is 0 Å². The maximum atomic E-state index is 8.93. The van der Waals surface area contributed by atoms with Gasteiger partial charge in [-0.1, -0.05) is 5.16 Å². The van der Waals surface area contributed by atoms with Gasteiger partial charge in [0.2, 0.25) is 5.89 Å². The predicted molar refractivity (Wildman–Crippen MR) is 75.0 cm³/mol. The zero-order valence-corrected chi connectivity index (χ0v) is 12.1. The zero-order chi connectivity index (χ0) is 13.8. The molecule has 1 aromatic rings. The van der Waals surface area contributed by atoms with E-state index in [9.17, 15) is 0 Å². The molecule has 1 N–H and O–H groups in total. The molecule has 0 amide bonds. The number of likely N-dealkylation sites (tertiary alicyclic amines) is 1. The van der Waals surface area contributed by atoms with Crippen molar-refractivity contribution in [1.82, 2.24) is 15.0 Å². The van der Waals surface area contributed by atoms with Gasteiger partial charge in [0.15, 0.2) is 5.82 Å². The maximum Gasteiger partial charge on any atom is 0.240 e. The van der Waals surface area contributed by atoms with Crippen LogP contribution in [0.5, 0.6) is 0 Å². The van der Waals surface area contributed by atoms with Crippen molar-refractivity contribution < 1.29 is 9.63 Å². The first-order chi connectivity index (χ1) is 9.83. The molecule has 1 aliphatic heterocycles. The average Bonchev–Trinajstić information content (AvgIpc) is 3.16. The van der Waals surface area contributed by atoms with Gasteiger partial charge in [0.05, 0.1) is 6.54 Å². The Labute approximate surface area is 120 Å². The lowest BCUT2D eigenvalue weighted by molar-refractivity contribution is 0.139. The topological polar surface area (TPSA) is 62.4 Å². The van der Waals surface area contributed by atoms with Gasteiger partial charge in [-0.15, -0.1) is 0 Å². The van der Waals surface area contributed by atoms with Crippen LogP contribution in [0.15, 0.2) is 4.52 Å². The Morgan fingerprint density at radius 2 is 2.15 bits per heavy atom. The summed E-state index contributed by atoms with van der Waals surface area (Å²) in [4.78, 5) is 6.93.